The van der Waals surface area contributed by atoms with Crippen molar-refractivity contribution in [3.63, 3.8) is 0 Å². The van der Waals surface area contributed by atoms with Crippen LogP contribution in [-0.4, -0.2) is 43.3 Å². The molecular formula is C25H32N4O4. The Hall–Kier alpha value is -3.44. The molecular weight excluding hydrogens is 420 g/mol. The van der Waals surface area contributed by atoms with Crippen molar-refractivity contribution in [1.29, 1.82) is 5.26 Å². The topological polar surface area (TPSA) is 103 Å². The number of hydrogen-bond donors (Lipinski definition) is 1. The van der Waals surface area contributed by atoms with Crippen LogP contribution >= 0.6 is 0 Å². The fourth-order valence-electron chi connectivity index (χ4n) is 4.09. The molecule has 2 aromatic rings. The summed E-state index contributed by atoms with van der Waals surface area (Å²) >= 11 is 0. The molecule has 0 saturated heterocycles. The lowest BCUT2D eigenvalue weighted by Gasteiger charge is -2.28. The molecule has 1 aromatic carbocycles. The van der Waals surface area contributed by atoms with Gasteiger partial charge in [0.25, 0.3) is 5.56 Å². The van der Waals surface area contributed by atoms with Crippen LogP contribution < -0.4 is 25.5 Å². The summed E-state index contributed by atoms with van der Waals surface area (Å²) in [5, 5.41) is 9.91. The molecule has 1 atom stereocenters. The van der Waals surface area contributed by atoms with E-state index in [4.69, 9.17) is 19.9 Å². The summed E-state index contributed by atoms with van der Waals surface area (Å²) in [7, 11) is 4.00. The number of rotatable bonds is 9. The van der Waals surface area contributed by atoms with Crippen molar-refractivity contribution in [3.05, 3.63) is 62.9 Å². The number of pyridine rings is 1. The van der Waals surface area contributed by atoms with Crippen LogP contribution in [0, 0.1) is 18.3 Å². The van der Waals surface area contributed by atoms with Crippen LogP contribution in [0.1, 0.15) is 43.0 Å². The number of fused-ring (bicyclic) bond motifs is 1. The predicted octanol–water partition coefficient (Wildman–Crippen LogP) is 3.12. The van der Waals surface area contributed by atoms with Gasteiger partial charge in [0.05, 0.1) is 24.7 Å². The average molecular weight is 453 g/mol. The second-order valence-corrected chi connectivity index (χ2v) is 8.17. The van der Waals surface area contributed by atoms with E-state index in [1.807, 2.05) is 53.1 Å². The predicted molar refractivity (Wildman–Crippen MR) is 127 cm³/mol. The zero-order chi connectivity index (χ0) is 24.1. The van der Waals surface area contributed by atoms with Gasteiger partial charge < -0.3 is 29.4 Å². The Kier molecular flexibility index (Phi) is 7.67. The summed E-state index contributed by atoms with van der Waals surface area (Å²) < 4.78 is 18.9. The van der Waals surface area contributed by atoms with E-state index in [0.717, 1.165) is 18.7 Å². The van der Waals surface area contributed by atoms with Crippen LogP contribution in [0.15, 0.2) is 40.5 Å². The molecule has 2 N–H and O–H groups in total. The van der Waals surface area contributed by atoms with Crippen LogP contribution in [0.4, 0.5) is 0 Å². The number of aromatic nitrogens is 1. The minimum atomic E-state index is -0.665. The monoisotopic (exact) mass is 452 g/mol. The average Bonchev–Trinajstić information content (AvgIpc) is 2.76. The molecule has 3 rings (SSSR count). The maximum absolute atomic E-state index is 13.7. The first-order valence-corrected chi connectivity index (χ1v) is 11.2. The molecule has 0 radical (unpaired) electrons. The number of nitrogens with zero attached hydrogens (tertiary/aromatic N) is 3. The first-order valence-electron chi connectivity index (χ1n) is 11.2. The highest BCUT2D eigenvalue weighted by Crippen LogP contribution is 2.42. The Morgan fingerprint density at radius 3 is 2.52 bits per heavy atom. The SMILES string of the molecule is CCOc1ccc(C2C(C#N)=C(N)Oc3cc(C)n(CCCN(C)C)c(=O)c32)cc1OCC. The van der Waals surface area contributed by atoms with Gasteiger partial charge in [-0.15, -0.1) is 0 Å². The van der Waals surface area contributed by atoms with Crippen LogP contribution in [0.2, 0.25) is 0 Å². The Labute approximate surface area is 194 Å². The summed E-state index contributed by atoms with van der Waals surface area (Å²) in [6.45, 7) is 8.03. The standard InChI is InChI=1S/C25H32N4O4/c1-6-31-19-10-9-17(14-20(19)32-7-2)22-18(15-26)24(27)33-21-13-16(3)29(25(30)23(21)22)12-8-11-28(4)5/h9-10,13-14,22H,6-8,11-12,27H2,1-5H3. The van der Waals surface area contributed by atoms with Gasteiger partial charge in [0.15, 0.2) is 11.5 Å². The zero-order valence-corrected chi connectivity index (χ0v) is 20.0. The molecule has 176 valence electrons. The molecule has 0 amide bonds. The Bertz CT molecular complexity index is 1140. The van der Waals surface area contributed by atoms with E-state index < -0.39 is 5.92 Å². The van der Waals surface area contributed by atoms with E-state index in [2.05, 4.69) is 11.0 Å². The summed E-state index contributed by atoms with van der Waals surface area (Å²) in [6.07, 6.45) is 0.818. The van der Waals surface area contributed by atoms with Gasteiger partial charge in [0, 0.05) is 18.3 Å². The van der Waals surface area contributed by atoms with E-state index >= 15 is 0 Å². The lowest BCUT2D eigenvalue weighted by Crippen LogP contribution is -2.33. The summed E-state index contributed by atoms with van der Waals surface area (Å²) in [5.41, 5.74) is 8.05. The van der Waals surface area contributed by atoms with Crippen LogP contribution in [-0.2, 0) is 6.54 Å². The largest absolute Gasteiger partial charge is 0.490 e. The number of aryl methyl sites for hydroxylation is 1. The van der Waals surface area contributed by atoms with Gasteiger partial charge in [-0.3, -0.25) is 4.79 Å². The molecule has 1 aromatic heterocycles. The van der Waals surface area contributed by atoms with Crippen LogP contribution in [0.25, 0.3) is 0 Å². The Balaban J connectivity index is 2.17. The molecule has 0 fully saturated rings. The molecule has 2 heterocycles. The van der Waals surface area contributed by atoms with E-state index in [-0.39, 0.29) is 17.0 Å². The number of ether oxygens (including phenoxy) is 3. The number of allylic oxidation sites excluding steroid dienone is 1. The van der Waals surface area contributed by atoms with E-state index in [1.54, 1.807) is 10.6 Å². The third kappa shape index (κ3) is 4.99. The molecule has 1 aliphatic rings. The molecule has 0 spiro atoms. The molecule has 8 heteroatoms. The van der Waals surface area contributed by atoms with Crippen LogP contribution in [0.5, 0.6) is 17.2 Å². The van der Waals surface area contributed by atoms with Gasteiger partial charge in [-0.1, -0.05) is 6.07 Å². The minimum Gasteiger partial charge on any atom is -0.490 e. The number of hydrogen-bond acceptors (Lipinski definition) is 7. The highest BCUT2D eigenvalue weighted by atomic mass is 16.5. The summed E-state index contributed by atoms with van der Waals surface area (Å²) in [5.74, 6) is 0.887. The molecule has 0 saturated carbocycles. The van der Waals surface area contributed by atoms with Crippen molar-refractivity contribution in [2.75, 3.05) is 33.9 Å². The summed E-state index contributed by atoms with van der Waals surface area (Å²) in [6, 6.07) is 9.43. The Morgan fingerprint density at radius 1 is 1.18 bits per heavy atom. The van der Waals surface area contributed by atoms with Gasteiger partial charge in [-0.2, -0.15) is 5.26 Å². The van der Waals surface area contributed by atoms with Crippen molar-refractivity contribution in [1.82, 2.24) is 9.47 Å². The fourth-order valence-corrected chi connectivity index (χ4v) is 4.09. The quantitative estimate of drug-likeness (QED) is 0.623. The fraction of sp³-hybridized carbons (Fsp3) is 0.440. The van der Waals surface area contributed by atoms with Crippen LogP contribution in [0.3, 0.4) is 0 Å². The molecule has 8 nitrogen and oxygen atoms in total. The van der Waals surface area contributed by atoms with Gasteiger partial charge in [0.2, 0.25) is 5.88 Å². The van der Waals surface area contributed by atoms with E-state index in [0.29, 0.717) is 48.1 Å². The molecule has 1 unspecified atom stereocenters. The molecule has 33 heavy (non-hydrogen) atoms. The highest BCUT2D eigenvalue weighted by molar-refractivity contribution is 5.57. The first-order chi connectivity index (χ1) is 15.8. The first kappa shape index (κ1) is 24.2. The second kappa shape index (κ2) is 10.5. The van der Waals surface area contributed by atoms with Crippen molar-refractivity contribution in [2.45, 2.75) is 39.7 Å². The molecule has 1 aliphatic heterocycles. The van der Waals surface area contributed by atoms with Gasteiger partial charge in [-0.05, 0) is 65.5 Å². The Morgan fingerprint density at radius 2 is 1.88 bits per heavy atom. The van der Waals surface area contributed by atoms with Gasteiger partial charge >= 0.3 is 0 Å². The third-order valence-electron chi connectivity index (χ3n) is 5.58. The van der Waals surface area contributed by atoms with E-state index in [1.165, 1.54) is 0 Å². The normalized spacial score (nSPS) is 15.1. The van der Waals surface area contributed by atoms with E-state index in [9.17, 15) is 10.1 Å². The second-order valence-electron chi connectivity index (χ2n) is 8.17. The third-order valence-corrected chi connectivity index (χ3v) is 5.58. The lowest BCUT2D eigenvalue weighted by molar-refractivity contribution is 0.287. The highest BCUT2D eigenvalue weighted by Gasteiger charge is 2.34. The maximum atomic E-state index is 13.7. The minimum absolute atomic E-state index is 0.00556. The lowest BCUT2D eigenvalue weighted by atomic mass is 9.84. The van der Waals surface area contributed by atoms with Crippen molar-refractivity contribution in [3.8, 4) is 23.3 Å². The van der Waals surface area contributed by atoms with Crippen molar-refractivity contribution < 1.29 is 14.2 Å². The number of nitrogens with two attached hydrogens (primary N) is 1. The van der Waals surface area contributed by atoms with Gasteiger partial charge in [0.1, 0.15) is 17.4 Å². The number of benzene rings is 1. The van der Waals surface area contributed by atoms with Crippen molar-refractivity contribution >= 4 is 0 Å². The molecule has 0 aliphatic carbocycles. The molecule has 0 bridgehead atoms. The zero-order valence-electron chi connectivity index (χ0n) is 20.0. The summed E-state index contributed by atoms with van der Waals surface area (Å²) in [4.78, 5) is 15.8. The number of nitriles is 1. The maximum Gasteiger partial charge on any atom is 0.258 e. The van der Waals surface area contributed by atoms with Crippen molar-refractivity contribution in [2.24, 2.45) is 5.73 Å². The van der Waals surface area contributed by atoms with Gasteiger partial charge in [-0.25, -0.2) is 0 Å². The smallest absolute Gasteiger partial charge is 0.258 e.